The van der Waals surface area contributed by atoms with Gasteiger partial charge in [0.05, 0.1) is 30.9 Å². The largest absolute Gasteiger partial charge is 0.494 e. The van der Waals surface area contributed by atoms with Crippen LogP contribution in [0.3, 0.4) is 0 Å². The van der Waals surface area contributed by atoms with Crippen LogP contribution in [0.4, 0.5) is 0 Å². The first-order chi connectivity index (χ1) is 26.5. The van der Waals surface area contributed by atoms with Gasteiger partial charge in [-0.25, -0.2) is 14.4 Å². The van der Waals surface area contributed by atoms with Crippen LogP contribution in [0.5, 0.6) is 17.2 Å². The maximum absolute atomic E-state index is 12.7. The number of hydrogen-bond acceptors (Lipinski definition) is 8. The van der Waals surface area contributed by atoms with Gasteiger partial charge in [0.1, 0.15) is 23.9 Å². The van der Waals surface area contributed by atoms with Crippen molar-refractivity contribution in [3.05, 3.63) is 102 Å². The highest BCUT2D eigenvalue weighted by Crippen LogP contribution is 2.21. The lowest BCUT2D eigenvalue weighted by atomic mass is 10.1. The van der Waals surface area contributed by atoms with Crippen molar-refractivity contribution in [3.63, 3.8) is 0 Å². The molecule has 0 radical (unpaired) electrons. The van der Waals surface area contributed by atoms with E-state index in [0.717, 1.165) is 69.3 Å². The van der Waals surface area contributed by atoms with Gasteiger partial charge in [-0.15, -0.1) is 0 Å². The van der Waals surface area contributed by atoms with E-state index in [9.17, 15) is 14.4 Å². The Morgan fingerprint density at radius 1 is 0.481 bits per heavy atom. The van der Waals surface area contributed by atoms with E-state index >= 15 is 0 Å². The van der Waals surface area contributed by atoms with E-state index in [2.05, 4.69) is 13.5 Å². The molecular formula is C46H62O8. The SMILES string of the molecule is C=CC(=O)OCCCCCCCCCCCOC(=O)c1ccc(C(=O)Oc2ccc(OCc3ccc(OCCCCCCCCCCC)cc3)cc2)cc1. The number of carbonyl (C=O) groups excluding carboxylic acids is 3. The second kappa shape index (κ2) is 27.9. The average molecular weight is 743 g/mol. The number of rotatable bonds is 30. The van der Waals surface area contributed by atoms with Crippen molar-refractivity contribution in [2.75, 3.05) is 19.8 Å². The van der Waals surface area contributed by atoms with E-state index in [1.165, 1.54) is 70.3 Å². The van der Waals surface area contributed by atoms with Crippen LogP contribution < -0.4 is 14.2 Å². The Bertz CT molecular complexity index is 1460. The van der Waals surface area contributed by atoms with Crippen molar-refractivity contribution in [2.24, 2.45) is 0 Å². The van der Waals surface area contributed by atoms with Crippen molar-refractivity contribution in [1.82, 2.24) is 0 Å². The summed E-state index contributed by atoms with van der Waals surface area (Å²) >= 11 is 0. The predicted molar refractivity (Wildman–Crippen MR) is 214 cm³/mol. The standard InChI is InChI=1S/C46H62O8/c1-3-5-6-7-8-10-13-16-19-34-50-41-28-22-38(23-29-41)37-53-42-30-32-43(33-31-42)54-46(49)40-26-24-39(25-27-40)45(48)52-36-21-18-15-12-9-11-14-17-20-35-51-44(47)4-2/h4,22-33H,2-3,5-21,34-37H2,1H3. The monoisotopic (exact) mass is 742 g/mol. The fourth-order valence-electron chi connectivity index (χ4n) is 5.89. The molecule has 8 heteroatoms. The maximum Gasteiger partial charge on any atom is 0.343 e. The summed E-state index contributed by atoms with van der Waals surface area (Å²) in [6, 6.07) is 21.2. The van der Waals surface area contributed by atoms with Crippen LogP contribution in [0.1, 0.15) is 149 Å². The van der Waals surface area contributed by atoms with E-state index in [0.29, 0.717) is 42.4 Å². The molecule has 0 atom stereocenters. The number of ether oxygens (including phenoxy) is 5. The molecule has 0 fully saturated rings. The highest BCUT2D eigenvalue weighted by molar-refractivity contribution is 5.94. The summed E-state index contributed by atoms with van der Waals surface area (Å²) < 4.78 is 27.8. The number of hydrogen-bond donors (Lipinski definition) is 0. The molecule has 0 N–H and O–H groups in total. The van der Waals surface area contributed by atoms with Crippen LogP contribution in [-0.4, -0.2) is 37.7 Å². The smallest absolute Gasteiger partial charge is 0.343 e. The molecule has 3 aromatic carbocycles. The summed E-state index contributed by atoms with van der Waals surface area (Å²) in [6.07, 6.45) is 22.3. The number of carbonyl (C=O) groups is 3. The zero-order chi connectivity index (χ0) is 38.5. The molecule has 54 heavy (non-hydrogen) atoms. The topological polar surface area (TPSA) is 97.4 Å². The van der Waals surface area contributed by atoms with Crippen LogP contribution in [0.25, 0.3) is 0 Å². The molecule has 0 aliphatic heterocycles. The molecule has 294 valence electrons. The molecule has 0 saturated carbocycles. The van der Waals surface area contributed by atoms with Gasteiger partial charge in [0, 0.05) is 6.08 Å². The molecule has 0 bridgehead atoms. The van der Waals surface area contributed by atoms with Crippen LogP contribution in [0, 0.1) is 0 Å². The molecule has 0 amide bonds. The summed E-state index contributed by atoms with van der Waals surface area (Å²) in [5.41, 5.74) is 1.76. The first-order valence-electron chi connectivity index (χ1n) is 20.2. The molecule has 0 spiro atoms. The zero-order valence-electron chi connectivity index (χ0n) is 32.5. The van der Waals surface area contributed by atoms with Crippen molar-refractivity contribution < 1.29 is 38.1 Å². The highest BCUT2D eigenvalue weighted by Gasteiger charge is 2.12. The molecule has 0 unspecified atom stereocenters. The van der Waals surface area contributed by atoms with Gasteiger partial charge in [0.2, 0.25) is 0 Å². The van der Waals surface area contributed by atoms with Gasteiger partial charge in [-0.05, 0) is 85.5 Å². The van der Waals surface area contributed by atoms with Gasteiger partial charge in [0.25, 0.3) is 0 Å². The first kappa shape index (κ1) is 43.8. The molecule has 8 nitrogen and oxygen atoms in total. The van der Waals surface area contributed by atoms with Gasteiger partial charge in [-0.3, -0.25) is 0 Å². The van der Waals surface area contributed by atoms with Gasteiger partial charge in [-0.1, -0.05) is 122 Å². The summed E-state index contributed by atoms with van der Waals surface area (Å²) in [6.45, 7) is 7.62. The lowest BCUT2D eigenvalue weighted by molar-refractivity contribution is -0.137. The lowest BCUT2D eigenvalue weighted by Gasteiger charge is -2.10. The molecule has 0 heterocycles. The number of esters is 3. The lowest BCUT2D eigenvalue weighted by Crippen LogP contribution is -2.10. The van der Waals surface area contributed by atoms with Gasteiger partial charge >= 0.3 is 17.9 Å². The zero-order valence-corrected chi connectivity index (χ0v) is 32.5. The maximum atomic E-state index is 12.7. The minimum atomic E-state index is -0.516. The van der Waals surface area contributed by atoms with Crippen LogP contribution in [0.15, 0.2) is 85.5 Å². The summed E-state index contributed by atoms with van der Waals surface area (Å²) in [7, 11) is 0. The second-order valence-electron chi connectivity index (χ2n) is 13.7. The quantitative estimate of drug-likeness (QED) is 0.0288. The van der Waals surface area contributed by atoms with E-state index in [4.69, 9.17) is 23.7 Å². The summed E-state index contributed by atoms with van der Waals surface area (Å²) in [5.74, 6) is 0.653. The van der Waals surface area contributed by atoms with E-state index in [1.54, 1.807) is 48.5 Å². The number of benzene rings is 3. The van der Waals surface area contributed by atoms with Gasteiger partial charge < -0.3 is 23.7 Å². The molecular weight excluding hydrogens is 680 g/mol. The van der Waals surface area contributed by atoms with Crippen LogP contribution in [0.2, 0.25) is 0 Å². The fraction of sp³-hybridized carbons (Fsp3) is 0.500. The Morgan fingerprint density at radius 2 is 0.907 bits per heavy atom. The van der Waals surface area contributed by atoms with E-state index < -0.39 is 11.9 Å². The normalized spacial score (nSPS) is 10.8. The predicted octanol–water partition coefficient (Wildman–Crippen LogP) is 11.8. The summed E-state index contributed by atoms with van der Waals surface area (Å²) in [4.78, 5) is 36.2. The second-order valence-corrected chi connectivity index (χ2v) is 13.7. The molecule has 0 aromatic heterocycles. The number of unbranched alkanes of at least 4 members (excludes halogenated alkanes) is 16. The third-order valence-corrected chi connectivity index (χ3v) is 9.17. The van der Waals surface area contributed by atoms with Crippen LogP contribution in [-0.2, 0) is 20.9 Å². The Hall–Kier alpha value is -4.59. The Balaban J connectivity index is 1.23. The molecule has 3 rings (SSSR count). The van der Waals surface area contributed by atoms with Crippen molar-refractivity contribution in [3.8, 4) is 17.2 Å². The fourth-order valence-corrected chi connectivity index (χ4v) is 5.89. The minimum absolute atomic E-state index is 0.337. The Morgan fingerprint density at radius 3 is 1.44 bits per heavy atom. The summed E-state index contributed by atoms with van der Waals surface area (Å²) in [5, 5.41) is 0. The minimum Gasteiger partial charge on any atom is -0.494 e. The average Bonchev–Trinajstić information content (AvgIpc) is 3.20. The molecule has 0 saturated heterocycles. The van der Waals surface area contributed by atoms with E-state index in [1.807, 2.05) is 24.3 Å². The van der Waals surface area contributed by atoms with Gasteiger partial charge in [0.15, 0.2) is 0 Å². The van der Waals surface area contributed by atoms with Crippen molar-refractivity contribution >= 4 is 17.9 Å². The van der Waals surface area contributed by atoms with Crippen molar-refractivity contribution in [1.29, 1.82) is 0 Å². The third kappa shape index (κ3) is 19.5. The molecule has 0 aliphatic rings. The molecule has 3 aromatic rings. The Kier molecular flexibility index (Phi) is 22.7. The highest BCUT2D eigenvalue weighted by atomic mass is 16.5. The molecule has 0 aliphatic carbocycles. The van der Waals surface area contributed by atoms with Crippen molar-refractivity contribution in [2.45, 2.75) is 129 Å². The van der Waals surface area contributed by atoms with Gasteiger partial charge in [-0.2, -0.15) is 0 Å². The Labute approximate surface area is 323 Å². The first-order valence-corrected chi connectivity index (χ1v) is 20.2. The third-order valence-electron chi connectivity index (χ3n) is 9.17. The van der Waals surface area contributed by atoms with Crippen LogP contribution >= 0.6 is 0 Å². The van der Waals surface area contributed by atoms with E-state index in [-0.39, 0.29) is 5.97 Å².